The minimum atomic E-state index is -0.682. The highest BCUT2D eigenvalue weighted by Gasteiger charge is 2.15. The van der Waals surface area contributed by atoms with Crippen LogP contribution in [0.25, 0.3) is 0 Å². The Morgan fingerprint density at radius 2 is 1.95 bits per heavy atom. The molecule has 1 aromatic carbocycles. The van der Waals surface area contributed by atoms with Gasteiger partial charge in [0.05, 0.1) is 20.1 Å². The first-order valence-electron chi connectivity index (χ1n) is 7.03. The lowest BCUT2D eigenvalue weighted by Crippen LogP contribution is -3.09. The second-order valence-corrected chi connectivity index (χ2v) is 5.14. The maximum absolute atomic E-state index is 11.7. The Labute approximate surface area is 124 Å². The number of hydrazine groups is 1. The number of carbonyl (C=O) groups is 2. The van der Waals surface area contributed by atoms with E-state index in [9.17, 15) is 9.59 Å². The number of quaternary nitrogens is 1. The van der Waals surface area contributed by atoms with Gasteiger partial charge in [-0.05, 0) is 11.6 Å². The van der Waals surface area contributed by atoms with Gasteiger partial charge >= 0.3 is 11.8 Å². The quantitative estimate of drug-likeness (QED) is 0.412. The van der Waals surface area contributed by atoms with Crippen molar-refractivity contribution in [1.82, 2.24) is 16.2 Å². The largest absolute Gasteiger partial charge is 0.344 e. The molecule has 0 fully saturated rings. The summed E-state index contributed by atoms with van der Waals surface area (Å²) in [6.45, 7) is 2.26. The van der Waals surface area contributed by atoms with Crippen LogP contribution in [0, 0.1) is 0 Å². The third-order valence-electron chi connectivity index (χ3n) is 3.36. The average Bonchev–Trinajstić information content (AvgIpc) is 2.52. The van der Waals surface area contributed by atoms with E-state index in [0.717, 1.165) is 30.8 Å². The molecule has 1 unspecified atom stereocenters. The Morgan fingerprint density at radius 3 is 2.62 bits per heavy atom. The van der Waals surface area contributed by atoms with E-state index < -0.39 is 11.8 Å². The molecule has 1 atom stereocenters. The van der Waals surface area contributed by atoms with Gasteiger partial charge in [-0.15, -0.1) is 0 Å². The molecule has 2 amide bonds. The zero-order valence-corrected chi connectivity index (χ0v) is 12.1. The van der Waals surface area contributed by atoms with Gasteiger partial charge in [0, 0.05) is 18.7 Å². The molecule has 0 spiro atoms. The van der Waals surface area contributed by atoms with Crippen molar-refractivity contribution in [3.05, 3.63) is 47.7 Å². The molecule has 0 aromatic heterocycles. The fourth-order valence-electron chi connectivity index (χ4n) is 2.02. The summed E-state index contributed by atoms with van der Waals surface area (Å²) in [6.07, 6.45) is 2.89. The summed E-state index contributed by atoms with van der Waals surface area (Å²) in [4.78, 5) is 24.7. The maximum atomic E-state index is 11.7. The molecule has 0 aliphatic carbocycles. The molecule has 1 aliphatic rings. The van der Waals surface area contributed by atoms with Gasteiger partial charge in [-0.25, -0.2) is 0 Å². The second-order valence-electron chi connectivity index (χ2n) is 5.14. The van der Waals surface area contributed by atoms with Crippen molar-refractivity contribution in [1.29, 1.82) is 0 Å². The van der Waals surface area contributed by atoms with E-state index in [2.05, 4.69) is 23.2 Å². The van der Waals surface area contributed by atoms with E-state index in [4.69, 9.17) is 0 Å². The predicted octanol–water partition coefficient (Wildman–Crippen LogP) is -1.27. The van der Waals surface area contributed by atoms with Gasteiger partial charge in [0.25, 0.3) is 0 Å². The van der Waals surface area contributed by atoms with E-state index in [1.54, 1.807) is 0 Å². The van der Waals surface area contributed by atoms with Crippen LogP contribution in [-0.4, -0.2) is 32.0 Å². The summed E-state index contributed by atoms with van der Waals surface area (Å²) < 4.78 is 0. The van der Waals surface area contributed by atoms with Crippen molar-refractivity contribution in [3.8, 4) is 0 Å². The van der Waals surface area contributed by atoms with Gasteiger partial charge in [-0.2, -0.15) is 0 Å². The first-order valence-corrected chi connectivity index (χ1v) is 7.03. The fourth-order valence-corrected chi connectivity index (χ4v) is 2.02. The molecule has 21 heavy (non-hydrogen) atoms. The van der Waals surface area contributed by atoms with Crippen LogP contribution in [0.2, 0.25) is 0 Å². The van der Waals surface area contributed by atoms with Gasteiger partial charge in [0.2, 0.25) is 0 Å². The summed E-state index contributed by atoms with van der Waals surface area (Å²) in [5, 5.41) is 2.58. The molecular weight excluding hydrogens is 268 g/mol. The van der Waals surface area contributed by atoms with Crippen molar-refractivity contribution in [2.75, 3.05) is 20.1 Å². The Kier molecular flexibility index (Phi) is 5.34. The summed E-state index contributed by atoms with van der Waals surface area (Å²) in [5.41, 5.74) is 7.13. The van der Waals surface area contributed by atoms with E-state index in [0.29, 0.717) is 6.54 Å². The molecule has 4 N–H and O–H groups in total. The number of nitrogens with one attached hydrogen (secondary N) is 4. The highest BCUT2D eigenvalue weighted by atomic mass is 16.2. The predicted molar refractivity (Wildman–Crippen MR) is 78.9 cm³/mol. The highest BCUT2D eigenvalue weighted by Crippen LogP contribution is 1.97. The number of carbonyl (C=O) groups excluding carboxylic acids is 2. The second kappa shape index (κ2) is 7.44. The lowest BCUT2D eigenvalue weighted by molar-refractivity contribution is -0.875. The topological polar surface area (TPSA) is 74.7 Å². The fraction of sp³-hybridized carbons (Fsp3) is 0.333. The number of benzene rings is 1. The summed E-state index contributed by atoms with van der Waals surface area (Å²) in [5.74, 6) is -1.33. The molecule has 0 saturated carbocycles. The lowest BCUT2D eigenvalue weighted by atomic mass is 10.2. The summed E-state index contributed by atoms with van der Waals surface area (Å²) >= 11 is 0. The number of amides is 2. The van der Waals surface area contributed by atoms with Gasteiger partial charge in [0.1, 0.15) is 0 Å². The molecule has 0 bridgehead atoms. The van der Waals surface area contributed by atoms with Crippen LogP contribution in [-0.2, 0) is 16.1 Å². The van der Waals surface area contributed by atoms with Crippen LogP contribution in [0.5, 0.6) is 0 Å². The zero-order valence-electron chi connectivity index (χ0n) is 12.1. The number of hydrogen-bond acceptors (Lipinski definition) is 3. The summed E-state index contributed by atoms with van der Waals surface area (Å²) in [6, 6.07) is 9.46. The van der Waals surface area contributed by atoms with Crippen LogP contribution in [0.3, 0.4) is 0 Å². The van der Waals surface area contributed by atoms with E-state index >= 15 is 0 Å². The van der Waals surface area contributed by atoms with Crippen LogP contribution in [0.4, 0.5) is 0 Å². The normalized spacial score (nSPS) is 17.6. The first-order chi connectivity index (χ1) is 10.1. The molecular formula is C15H21N4O2+. The van der Waals surface area contributed by atoms with Crippen LogP contribution < -0.4 is 21.1 Å². The van der Waals surface area contributed by atoms with Crippen molar-refractivity contribution in [3.63, 3.8) is 0 Å². The van der Waals surface area contributed by atoms with Crippen LogP contribution in [0.1, 0.15) is 12.0 Å². The average molecular weight is 289 g/mol. The molecule has 6 heteroatoms. The third-order valence-corrected chi connectivity index (χ3v) is 3.36. The molecule has 112 valence electrons. The number of likely N-dealkylation sites (N-methyl/N-ethyl adjacent to an activating group) is 1. The van der Waals surface area contributed by atoms with Gasteiger partial charge < -0.3 is 15.6 Å². The third kappa shape index (κ3) is 4.92. The zero-order chi connectivity index (χ0) is 15.1. The van der Waals surface area contributed by atoms with Crippen LogP contribution in [0.15, 0.2) is 42.1 Å². The smallest absolute Gasteiger partial charge is 0.327 e. The Bertz CT molecular complexity index is 528. The van der Waals surface area contributed by atoms with Crippen LogP contribution >= 0.6 is 0 Å². The Morgan fingerprint density at radius 1 is 1.19 bits per heavy atom. The molecule has 0 radical (unpaired) electrons. The van der Waals surface area contributed by atoms with E-state index in [1.807, 2.05) is 36.4 Å². The van der Waals surface area contributed by atoms with Gasteiger partial charge in [-0.3, -0.25) is 15.0 Å². The molecule has 0 saturated heterocycles. The van der Waals surface area contributed by atoms with Crippen molar-refractivity contribution in [2.45, 2.75) is 13.0 Å². The standard InChI is InChI=1S/C15H20N4O2/c1-19-9-7-13(8-10-19)17-18-15(21)14(20)16-11-12-5-3-2-4-6-12/h2-7,17H,8-11H2,1H3,(H,16,20)(H,18,21)/p+1. The monoisotopic (exact) mass is 289 g/mol. The van der Waals surface area contributed by atoms with Crippen molar-refractivity contribution in [2.24, 2.45) is 0 Å². The summed E-state index contributed by atoms with van der Waals surface area (Å²) in [7, 11) is 2.11. The van der Waals surface area contributed by atoms with Gasteiger partial charge in [0.15, 0.2) is 0 Å². The minimum Gasteiger partial charge on any atom is -0.344 e. The molecule has 1 aromatic rings. The lowest BCUT2D eigenvalue weighted by Gasteiger charge is -2.20. The molecule has 1 aliphatic heterocycles. The minimum absolute atomic E-state index is 0.337. The van der Waals surface area contributed by atoms with Gasteiger partial charge in [-0.1, -0.05) is 30.3 Å². The Hall–Kier alpha value is -2.34. The Balaban J connectivity index is 1.72. The maximum Gasteiger partial charge on any atom is 0.327 e. The first kappa shape index (κ1) is 15.1. The SMILES string of the molecule is C[NH+]1CC=C(NNC(=O)C(=O)NCc2ccccc2)CC1. The number of hydrogen-bond donors (Lipinski definition) is 4. The van der Waals surface area contributed by atoms with E-state index in [-0.39, 0.29) is 0 Å². The molecule has 1 heterocycles. The molecule has 2 rings (SSSR count). The molecule has 6 nitrogen and oxygen atoms in total. The van der Waals surface area contributed by atoms with Crippen molar-refractivity contribution < 1.29 is 14.5 Å². The van der Waals surface area contributed by atoms with E-state index in [1.165, 1.54) is 4.90 Å². The number of rotatable bonds is 4. The highest BCUT2D eigenvalue weighted by molar-refractivity contribution is 6.34. The van der Waals surface area contributed by atoms with Crippen molar-refractivity contribution >= 4 is 11.8 Å².